The van der Waals surface area contributed by atoms with Crippen LogP contribution in [0.5, 0.6) is 34.5 Å². The molecule has 0 spiro atoms. The van der Waals surface area contributed by atoms with Crippen LogP contribution in [-0.2, 0) is 0 Å². The topological polar surface area (TPSA) is 254 Å². The molecule has 9 aromatic rings. The number of aromatic nitrogens is 8. The Hall–Kier alpha value is -9.66. The van der Waals surface area contributed by atoms with E-state index in [1.54, 1.807) is 79.4 Å². The van der Waals surface area contributed by atoms with Gasteiger partial charge in [0.15, 0.2) is 52.0 Å². The van der Waals surface area contributed by atoms with Crippen LogP contribution >= 0.6 is 0 Å². The zero-order valence-electron chi connectivity index (χ0n) is 48.1. The number of piperidine rings is 3. The van der Waals surface area contributed by atoms with E-state index >= 15 is 0 Å². The first kappa shape index (κ1) is 57.6. The number of carbonyl (C=O) groups is 2. The first-order chi connectivity index (χ1) is 41.0. The highest BCUT2D eigenvalue weighted by atomic mass is 16.5. The Morgan fingerprint density at radius 3 is 1.14 bits per heavy atom. The van der Waals surface area contributed by atoms with Gasteiger partial charge >= 0.3 is 0 Å². The van der Waals surface area contributed by atoms with E-state index in [4.69, 9.17) is 39.9 Å². The van der Waals surface area contributed by atoms with E-state index in [9.17, 15) is 9.59 Å². The Morgan fingerprint density at radius 2 is 0.774 bits per heavy atom. The number of amides is 2. The summed E-state index contributed by atoms with van der Waals surface area (Å²) in [6, 6.07) is 28.8. The van der Waals surface area contributed by atoms with Crippen LogP contribution < -0.4 is 54.6 Å². The van der Waals surface area contributed by atoms with Gasteiger partial charge in [-0.2, -0.15) is 15.3 Å². The number of nitrogens with zero attached hydrogens (tertiary/aromatic N) is 11. The standard InChI is InChI=1S/2C22H24N4O3.C19H21N5O2/c1-28-19-11-17-13-24-25-22(18(17)12-20(19)29-2)26-9-7-15(8-10-26)14-3-5-16(6-4-14)21(23)27;1-28-19-11-17-13-24-25-22(18(17)12-20(19)29-2)26-8-6-14(7-9-26)15-4-3-5-16(10-15)21(23)27;1-25-16-10-14-12-22-23-19(15(14)11-17(16)26-2)24-8-4-13(5-9-24)18-20-6-3-7-21-18/h3-6,11-13,15H,7-10H2,1-2H3,(H2,23,27);3-5,10-14H,6-9H2,1-2H3,(H2,23,27);3,6-7,10-13H,4-5,8-9H2,1-2H3. The van der Waals surface area contributed by atoms with Crippen molar-refractivity contribution < 1.29 is 38.0 Å². The quantitative estimate of drug-likeness (QED) is 0.103. The third kappa shape index (κ3) is 12.7. The number of anilines is 3. The molecule has 3 saturated heterocycles. The second-order valence-electron chi connectivity index (χ2n) is 20.8. The van der Waals surface area contributed by atoms with E-state index in [1.165, 1.54) is 5.56 Å². The number of nitrogens with two attached hydrogens (primary N) is 2. The lowest BCUT2D eigenvalue weighted by Crippen LogP contribution is -2.34. The molecule has 2 amide bonds. The number of rotatable bonds is 14. The van der Waals surface area contributed by atoms with E-state index in [0.717, 1.165) is 139 Å². The predicted octanol–water partition coefficient (Wildman–Crippen LogP) is 9.08. The van der Waals surface area contributed by atoms with Crippen LogP contribution in [0.25, 0.3) is 32.3 Å². The van der Waals surface area contributed by atoms with Gasteiger partial charge in [-0.25, -0.2) is 9.97 Å². The molecule has 434 valence electrons. The molecule has 21 nitrogen and oxygen atoms in total. The summed E-state index contributed by atoms with van der Waals surface area (Å²) >= 11 is 0. The molecule has 0 bridgehead atoms. The van der Waals surface area contributed by atoms with Crippen LogP contribution in [0, 0.1) is 0 Å². The summed E-state index contributed by atoms with van der Waals surface area (Å²) in [5.74, 6) is 8.08. The summed E-state index contributed by atoms with van der Waals surface area (Å²) in [5, 5.41) is 31.7. The molecular formula is C63H69N13O8. The minimum Gasteiger partial charge on any atom is -0.493 e. The Balaban J connectivity index is 0.000000141. The molecule has 0 radical (unpaired) electrons. The SMILES string of the molecule is COc1cc2cnnc(N3CCC(c4ccc(C(N)=O)cc4)CC3)c2cc1OC.COc1cc2cnnc(N3CCC(c4cccc(C(N)=O)c4)CC3)c2cc1OC.COc1cc2cnnc(N3CCC(c4ncccn4)CC3)c2cc1OC. The first-order valence-corrected chi connectivity index (χ1v) is 27.9. The highest BCUT2D eigenvalue weighted by molar-refractivity contribution is 5.96. The molecule has 12 rings (SSSR count). The van der Waals surface area contributed by atoms with Crippen molar-refractivity contribution in [1.29, 1.82) is 0 Å². The van der Waals surface area contributed by atoms with Gasteiger partial charge < -0.3 is 54.6 Å². The number of carbonyl (C=O) groups excluding carboxylic acids is 2. The van der Waals surface area contributed by atoms with Crippen molar-refractivity contribution in [1.82, 2.24) is 40.6 Å². The smallest absolute Gasteiger partial charge is 0.248 e. The zero-order valence-corrected chi connectivity index (χ0v) is 48.1. The minimum atomic E-state index is -0.395. The zero-order chi connectivity index (χ0) is 58.7. The molecule has 0 aliphatic carbocycles. The van der Waals surface area contributed by atoms with Crippen molar-refractivity contribution in [2.45, 2.75) is 56.3 Å². The van der Waals surface area contributed by atoms with Gasteiger partial charge in [-0.1, -0.05) is 24.3 Å². The van der Waals surface area contributed by atoms with Crippen LogP contribution in [0.15, 0.2) is 122 Å². The summed E-state index contributed by atoms with van der Waals surface area (Å²) in [7, 11) is 9.78. The van der Waals surface area contributed by atoms with Gasteiger partial charge in [0.05, 0.1) is 61.2 Å². The first-order valence-electron chi connectivity index (χ1n) is 27.9. The van der Waals surface area contributed by atoms with Gasteiger partial charge in [-0.05, 0) is 128 Å². The monoisotopic (exact) mass is 1140 g/mol. The molecule has 21 heteroatoms. The Morgan fingerprint density at radius 1 is 0.417 bits per heavy atom. The number of hydrogen-bond acceptors (Lipinski definition) is 19. The molecule has 3 aliphatic heterocycles. The van der Waals surface area contributed by atoms with Crippen molar-refractivity contribution >= 4 is 61.6 Å². The highest BCUT2D eigenvalue weighted by Crippen LogP contribution is 2.41. The predicted molar refractivity (Wildman–Crippen MR) is 322 cm³/mol. The fourth-order valence-electron chi connectivity index (χ4n) is 11.5. The molecule has 3 fully saturated rings. The van der Waals surface area contributed by atoms with E-state index < -0.39 is 5.91 Å². The second-order valence-corrected chi connectivity index (χ2v) is 20.8. The Kier molecular flexibility index (Phi) is 18.2. The maximum Gasteiger partial charge on any atom is 0.248 e. The van der Waals surface area contributed by atoms with Crippen LogP contribution in [0.3, 0.4) is 0 Å². The summed E-state index contributed by atoms with van der Waals surface area (Å²) in [4.78, 5) is 38.4. The highest BCUT2D eigenvalue weighted by Gasteiger charge is 2.28. The summed E-state index contributed by atoms with van der Waals surface area (Å²) in [5.41, 5.74) is 14.3. The van der Waals surface area contributed by atoms with E-state index in [2.05, 4.69) is 61.3 Å². The lowest BCUT2D eigenvalue weighted by molar-refractivity contribution is 0.0991. The second kappa shape index (κ2) is 26.5. The van der Waals surface area contributed by atoms with Gasteiger partial charge in [0, 0.05) is 101 Å². The van der Waals surface area contributed by atoms with E-state index in [0.29, 0.717) is 63.4 Å². The molecular weight excluding hydrogens is 1070 g/mol. The van der Waals surface area contributed by atoms with Gasteiger partial charge in [-0.3, -0.25) is 9.59 Å². The van der Waals surface area contributed by atoms with Crippen molar-refractivity contribution in [3.8, 4) is 34.5 Å². The molecule has 4 N–H and O–H groups in total. The Bertz CT molecular complexity index is 3740. The largest absolute Gasteiger partial charge is 0.493 e. The normalized spacial score (nSPS) is 14.9. The summed E-state index contributed by atoms with van der Waals surface area (Å²) in [6.07, 6.45) is 14.8. The van der Waals surface area contributed by atoms with Crippen molar-refractivity contribution in [3.05, 3.63) is 150 Å². The van der Waals surface area contributed by atoms with Crippen molar-refractivity contribution in [2.75, 3.05) is 96.6 Å². The van der Waals surface area contributed by atoms with E-state index in [1.807, 2.05) is 79.1 Å². The number of benzene rings is 5. The fourth-order valence-corrected chi connectivity index (χ4v) is 11.5. The molecule has 0 unspecified atom stereocenters. The summed E-state index contributed by atoms with van der Waals surface area (Å²) in [6.45, 7) is 5.26. The van der Waals surface area contributed by atoms with Gasteiger partial charge in [-0.15, -0.1) is 15.3 Å². The number of methoxy groups -OCH3 is 6. The lowest BCUT2D eigenvalue weighted by Gasteiger charge is -2.33. The van der Waals surface area contributed by atoms with Crippen LogP contribution in [-0.4, -0.2) is 134 Å². The molecule has 84 heavy (non-hydrogen) atoms. The third-order valence-electron chi connectivity index (χ3n) is 16.1. The van der Waals surface area contributed by atoms with Crippen LogP contribution in [0.2, 0.25) is 0 Å². The van der Waals surface area contributed by atoms with Gasteiger partial charge in [0.1, 0.15) is 5.82 Å². The minimum absolute atomic E-state index is 0.389. The number of fused-ring (bicyclic) bond motifs is 3. The third-order valence-corrected chi connectivity index (χ3v) is 16.1. The van der Waals surface area contributed by atoms with E-state index in [-0.39, 0.29) is 5.91 Å². The molecule has 0 atom stereocenters. The number of hydrogen-bond donors (Lipinski definition) is 2. The number of ether oxygens (including phenoxy) is 6. The van der Waals surface area contributed by atoms with Crippen molar-refractivity contribution in [2.24, 2.45) is 11.5 Å². The maximum absolute atomic E-state index is 11.5. The molecule has 4 aromatic heterocycles. The number of primary amides is 2. The molecule has 7 heterocycles. The fraction of sp³-hybridized carbons (Fsp3) is 0.333. The van der Waals surface area contributed by atoms with Crippen molar-refractivity contribution in [3.63, 3.8) is 0 Å². The average molecular weight is 1140 g/mol. The van der Waals surface area contributed by atoms with Crippen LogP contribution in [0.1, 0.15) is 93.9 Å². The molecule has 3 aliphatic rings. The molecule has 0 saturated carbocycles. The summed E-state index contributed by atoms with van der Waals surface area (Å²) < 4.78 is 32.6. The van der Waals surface area contributed by atoms with Crippen LogP contribution in [0.4, 0.5) is 17.5 Å². The Labute approximate surface area is 487 Å². The van der Waals surface area contributed by atoms with Gasteiger partial charge in [0.25, 0.3) is 0 Å². The lowest BCUT2D eigenvalue weighted by atomic mass is 9.88. The molecule has 5 aromatic carbocycles. The maximum atomic E-state index is 11.5. The average Bonchev–Trinajstić information content (AvgIpc) is 2.62. The van der Waals surface area contributed by atoms with Gasteiger partial charge in [0.2, 0.25) is 11.8 Å².